The zero-order valence-electron chi connectivity index (χ0n) is 8.77. The molecule has 0 amide bonds. The minimum absolute atomic E-state index is 0.160. The lowest BCUT2D eigenvalue weighted by atomic mass is 10.3. The number of nitrogens with zero attached hydrogens (tertiary/aromatic N) is 3. The molecular weight excluding hydrogens is 204 g/mol. The number of hydrogen-bond donors (Lipinski definition) is 1. The number of aryl methyl sites for hydroxylation is 1. The van der Waals surface area contributed by atoms with Crippen molar-refractivity contribution in [3.05, 3.63) is 24.0 Å². The molecule has 16 heavy (non-hydrogen) atoms. The quantitative estimate of drug-likeness (QED) is 0.602. The van der Waals surface area contributed by atoms with Gasteiger partial charge in [0.15, 0.2) is 5.82 Å². The Morgan fingerprint density at radius 2 is 2.38 bits per heavy atom. The van der Waals surface area contributed by atoms with Crippen LogP contribution in [0.25, 0.3) is 11.0 Å². The number of nitrogens with two attached hydrogens (primary N) is 1. The van der Waals surface area contributed by atoms with Crippen LogP contribution in [-0.2, 0) is 7.05 Å². The van der Waals surface area contributed by atoms with Crippen LogP contribution in [0.4, 0.5) is 5.69 Å². The number of nitrogen functional groups attached to an aromatic ring is 1. The fourth-order valence-electron chi connectivity index (χ4n) is 1.62. The first-order valence-electron chi connectivity index (χ1n) is 4.75. The van der Waals surface area contributed by atoms with Crippen LogP contribution >= 0.6 is 0 Å². The standard InChI is InChI=1S/C11H10N4O/c1-15-9-3-2-7(13)6-8(9)14-11(15)10(16)4-5-12/h2-3,6H,4,13H2,1H3. The van der Waals surface area contributed by atoms with E-state index in [0.717, 1.165) is 5.52 Å². The first-order valence-corrected chi connectivity index (χ1v) is 4.75. The van der Waals surface area contributed by atoms with Gasteiger partial charge in [-0.05, 0) is 18.2 Å². The van der Waals surface area contributed by atoms with Gasteiger partial charge in [0.25, 0.3) is 0 Å². The molecule has 5 heteroatoms. The molecule has 5 nitrogen and oxygen atoms in total. The first kappa shape index (κ1) is 10.2. The summed E-state index contributed by atoms with van der Waals surface area (Å²) in [5.74, 6) is 0.0157. The Morgan fingerprint density at radius 3 is 3.06 bits per heavy atom. The van der Waals surface area contributed by atoms with E-state index < -0.39 is 0 Å². The van der Waals surface area contributed by atoms with E-state index in [0.29, 0.717) is 17.0 Å². The maximum atomic E-state index is 11.6. The van der Waals surface area contributed by atoms with Crippen LogP contribution in [0.5, 0.6) is 0 Å². The molecule has 0 unspecified atom stereocenters. The smallest absolute Gasteiger partial charge is 0.212 e. The van der Waals surface area contributed by atoms with Gasteiger partial charge in [0.2, 0.25) is 5.78 Å². The Hall–Kier alpha value is -2.35. The van der Waals surface area contributed by atoms with E-state index in [9.17, 15) is 4.79 Å². The second kappa shape index (κ2) is 3.66. The molecular formula is C11H10N4O. The van der Waals surface area contributed by atoms with E-state index in [1.165, 1.54) is 0 Å². The number of benzene rings is 1. The maximum Gasteiger partial charge on any atom is 0.212 e. The summed E-state index contributed by atoms with van der Waals surface area (Å²) in [7, 11) is 1.75. The van der Waals surface area contributed by atoms with Crippen molar-refractivity contribution in [1.82, 2.24) is 9.55 Å². The van der Waals surface area contributed by atoms with Crippen molar-refractivity contribution in [2.24, 2.45) is 7.05 Å². The third kappa shape index (κ3) is 1.50. The highest BCUT2D eigenvalue weighted by atomic mass is 16.1. The molecule has 2 N–H and O–H groups in total. The molecule has 0 fully saturated rings. The molecule has 2 aromatic rings. The predicted octanol–water partition coefficient (Wildman–Crippen LogP) is 1.25. The molecule has 1 heterocycles. The first-order chi connectivity index (χ1) is 7.63. The second-order valence-corrected chi connectivity index (χ2v) is 3.50. The highest BCUT2D eigenvalue weighted by Gasteiger charge is 2.14. The molecule has 0 bridgehead atoms. The molecule has 0 saturated carbocycles. The van der Waals surface area contributed by atoms with Gasteiger partial charge in [-0.15, -0.1) is 0 Å². The lowest BCUT2D eigenvalue weighted by molar-refractivity contribution is 0.0985. The van der Waals surface area contributed by atoms with Crippen molar-refractivity contribution in [1.29, 1.82) is 5.26 Å². The van der Waals surface area contributed by atoms with Crippen LogP contribution in [-0.4, -0.2) is 15.3 Å². The third-order valence-corrected chi connectivity index (χ3v) is 2.39. The van der Waals surface area contributed by atoms with Crippen LogP contribution in [0.1, 0.15) is 17.0 Å². The number of aromatic nitrogens is 2. The van der Waals surface area contributed by atoms with Crippen molar-refractivity contribution in [2.75, 3.05) is 5.73 Å². The third-order valence-electron chi connectivity index (χ3n) is 2.39. The van der Waals surface area contributed by atoms with Crippen LogP contribution in [0.2, 0.25) is 0 Å². The summed E-state index contributed by atoms with van der Waals surface area (Å²) in [5, 5.41) is 8.48. The largest absolute Gasteiger partial charge is 0.399 e. The summed E-state index contributed by atoms with van der Waals surface area (Å²) < 4.78 is 1.68. The number of rotatable bonds is 2. The van der Waals surface area contributed by atoms with Gasteiger partial charge < -0.3 is 10.3 Å². The van der Waals surface area contributed by atoms with Gasteiger partial charge >= 0.3 is 0 Å². The lowest BCUT2D eigenvalue weighted by Gasteiger charge is -1.98. The van der Waals surface area contributed by atoms with Gasteiger partial charge in [0, 0.05) is 12.7 Å². The van der Waals surface area contributed by atoms with Gasteiger partial charge in [-0.1, -0.05) is 0 Å². The summed E-state index contributed by atoms with van der Waals surface area (Å²) >= 11 is 0. The molecule has 1 aromatic heterocycles. The predicted molar refractivity (Wildman–Crippen MR) is 59.7 cm³/mol. The molecule has 2 rings (SSSR count). The Kier molecular flexibility index (Phi) is 2.33. The molecule has 0 aliphatic carbocycles. The van der Waals surface area contributed by atoms with Gasteiger partial charge in [-0.3, -0.25) is 4.79 Å². The fourth-order valence-corrected chi connectivity index (χ4v) is 1.62. The topological polar surface area (TPSA) is 84.7 Å². The van der Waals surface area contributed by atoms with Crippen molar-refractivity contribution in [2.45, 2.75) is 6.42 Å². The van der Waals surface area contributed by atoms with Crippen LogP contribution in [0, 0.1) is 11.3 Å². The fraction of sp³-hybridized carbons (Fsp3) is 0.182. The van der Waals surface area contributed by atoms with Gasteiger partial charge in [0.1, 0.15) is 6.42 Å². The van der Waals surface area contributed by atoms with Crippen molar-refractivity contribution >= 4 is 22.5 Å². The molecule has 1 aromatic carbocycles. The molecule has 0 radical (unpaired) electrons. The molecule has 0 spiro atoms. The van der Waals surface area contributed by atoms with Gasteiger partial charge in [0.05, 0.1) is 17.1 Å². The van der Waals surface area contributed by atoms with E-state index in [2.05, 4.69) is 4.98 Å². The summed E-state index contributed by atoms with van der Waals surface area (Å²) in [4.78, 5) is 15.8. The highest BCUT2D eigenvalue weighted by molar-refractivity contribution is 5.97. The van der Waals surface area contributed by atoms with Crippen LogP contribution in [0.3, 0.4) is 0 Å². The SMILES string of the molecule is Cn1c(C(=O)CC#N)nc2cc(N)ccc21. The molecule has 0 aliphatic rings. The summed E-state index contributed by atoms with van der Waals surface area (Å²) in [6, 6.07) is 7.09. The van der Waals surface area contributed by atoms with Crippen molar-refractivity contribution in [3.63, 3.8) is 0 Å². The van der Waals surface area contributed by atoms with Gasteiger partial charge in [-0.25, -0.2) is 4.98 Å². The maximum absolute atomic E-state index is 11.6. The van der Waals surface area contributed by atoms with Crippen molar-refractivity contribution in [3.8, 4) is 6.07 Å². The zero-order chi connectivity index (χ0) is 11.7. The highest BCUT2D eigenvalue weighted by Crippen LogP contribution is 2.18. The molecule has 80 valence electrons. The van der Waals surface area contributed by atoms with E-state index in [4.69, 9.17) is 11.0 Å². The number of carbonyl (C=O) groups excluding carboxylic acids is 1. The van der Waals surface area contributed by atoms with E-state index in [-0.39, 0.29) is 12.2 Å². The number of nitriles is 1. The number of Topliss-reactive ketones (excluding diaryl/α,β-unsaturated/α-hetero) is 1. The summed E-state index contributed by atoms with van der Waals surface area (Å²) in [6.45, 7) is 0. The Balaban J connectivity index is 2.61. The minimum Gasteiger partial charge on any atom is -0.399 e. The molecule has 0 aliphatic heterocycles. The summed E-state index contributed by atoms with van der Waals surface area (Å²) in [5.41, 5.74) is 7.73. The average molecular weight is 214 g/mol. The van der Waals surface area contributed by atoms with Crippen LogP contribution < -0.4 is 5.73 Å². The monoisotopic (exact) mass is 214 g/mol. The zero-order valence-corrected chi connectivity index (χ0v) is 8.77. The van der Waals surface area contributed by atoms with E-state index in [1.807, 2.05) is 6.07 Å². The number of hydrogen-bond acceptors (Lipinski definition) is 4. The number of ketones is 1. The minimum atomic E-state index is -0.278. The Bertz CT molecular complexity index is 606. The van der Waals surface area contributed by atoms with E-state index >= 15 is 0 Å². The normalized spacial score (nSPS) is 10.2. The Labute approximate surface area is 92.1 Å². The average Bonchev–Trinajstić information content (AvgIpc) is 2.56. The number of imidazole rings is 1. The summed E-state index contributed by atoms with van der Waals surface area (Å²) in [6.07, 6.45) is -0.160. The number of carbonyl (C=O) groups is 1. The molecule has 0 saturated heterocycles. The van der Waals surface area contributed by atoms with Crippen LogP contribution in [0.15, 0.2) is 18.2 Å². The lowest BCUT2D eigenvalue weighted by Crippen LogP contribution is -2.06. The van der Waals surface area contributed by atoms with E-state index in [1.54, 1.807) is 29.8 Å². The second-order valence-electron chi connectivity index (χ2n) is 3.50. The number of fused-ring (bicyclic) bond motifs is 1. The number of anilines is 1. The molecule has 0 atom stereocenters. The Morgan fingerprint density at radius 1 is 1.62 bits per heavy atom. The van der Waals surface area contributed by atoms with Gasteiger partial charge in [-0.2, -0.15) is 5.26 Å². The van der Waals surface area contributed by atoms with Crippen molar-refractivity contribution < 1.29 is 4.79 Å².